The molecule has 45 heavy (non-hydrogen) atoms. The highest BCUT2D eigenvalue weighted by Gasteiger charge is 2.48. The van der Waals surface area contributed by atoms with E-state index in [0.29, 0.717) is 30.4 Å². The number of fused-ring (bicyclic) bond motifs is 1. The van der Waals surface area contributed by atoms with Crippen molar-refractivity contribution in [2.75, 3.05) is 25.1 Å². The van der Waals surface area contributed by atoms with Gasteiger partial charge in [0.25, 0.3) is 5.91 Å². The summed E-state index contributed by atoms with van der Waals surface area (Å²) in [5, 5.41) is 4.57. The number of hydrogen-bond acceptors (Lipinski definition) is 6. The summed E-state index contributed by atoms with van der Waals surface area (Å²) in [4.78, 5) is 33.1. The molecule has 2 amide bonds. The number of carbonyl (C=O) groups excluding carboxylic acids is 2. The van der Waals surface area contributed by atoms with E-state index >= 15 is 0 Å². The number of nitrogens with zero attached hydrogens (tertiary/aromatic N) is 5. The molecule has 242 valence electrons. The molecule has 0 radical (unpaired) electrons. The molecule has 2 heterocycles. The van der Waals surface area contributed by atoms with Gasteiger partial charge >= 0.3 is 12.3 Å². The van der Waals surface area contributed by atoms with Crippen molar-refractivity contribution in [1.29, 1.82) is 0 Å². The van der Waals surface area contributed by atoms with Gasteiger partial charge in [0.2, 0.25) is 0 Å². The Hall–Kier alpha value is -3.93. The summed E-state index contributed by atoms with van der Waals surface area (Å²) in [5.41, 5.74) is -0.146. The van der Waals surface area contributed by atoms with Crippen molar-refractivity contribution in [3.8, 4) is 0 Å². The first-order chi connectivity index (χ1) is 21.1. The second-order valence-electron chi connectivity index (χ2n) is 13.3. The second kappa shape index (κ2) is 12.1. The summed E-state index contributed by atoms with van der Waals surface area (Å²) in [7, 11) is 3.42. The lowest BCUT2D eigenvalue weighted by molar-refractivity contribution is -0.138. The van der Waals surface area contributed by atoms with Crippen LogP contribution in [0.3, 0.4) is 0 Å². The van der Waals surface area contributed by atoms with Crippen LogP contribution in [-0.4, -0.2) is 57.5 Å². The molecule has 1 aromatic heterocycles. The van der Waals surface area contributed by atoms with Gasteiger partial charge in [-0.2, -0.15) is 18.3 Å². The average Bonchev–Trinajstić information content (AvgIpc) is 3.52. The fraction of sp³-hybridized carbons (Fsp3) is 0.515. The van der Waals surface area contributed by atoms with Crippen LogP contribution in [0.1, 0.15) is 85.4 Å². The van der Waals surface area contributed by atoms with Crippen LogP contribution in [0, 0.1) is 5.92 Å². The summed E-state index contributed by atoms with van der Waals surface area (Å²) in [6.07, 6.45) is -1.31. The number of halogens is 3. The van der Waals surface area contributed by atoms with Crippen molar-refractivity contribution in [2.24, 2.45) is 13.0 Å². The lowest BCUT2D eigenvalue weighted by Crippen LogP contribution is -2.42. The van der Waals surface area contributed by atoms with Crippen LogP contribution in [0.25, 0.3) is 0 Å². The highest BCUT2D eigenvalue weighted by Crippen LogP contribution is 2.51. The van der Waals surface area contributed by atoms with E-state index < -0.39 is 34.8 Å². The number of anilines is 1. The predicted molar refractivity (Wildman–Crippen MR) is 162 cm³/mol. The van der Waals surface area contributed by atoms with Crippen molar-refractivity contribution >= 4 is 17.7 Å². The molecule has 0 bridgehead atoms. The Labute approximate surface area is 261 Å². The standard InChI is InChI=1S/C33H40F3N5O4/c1-21-16-32(17-21,29-37-20-40(6)38-29)23-9-7-10-24(15-23)41-18-26-25(28(41)42)13-22(14-27(26)33(34,35)36)19-44-12-8-11-39(5)30(43)45-31(2,3)4/h7,9-10,13-15,20-21H,8,11-12,16-19H2,1-6H3. The van der Waals surface area contributed by atoms with Crippen LogP contribution < -0.4 is 4.90 Å². The number of alkyl halides is 3. The summed E-state index contributed by atoms with van der Waals surface area (Å²) >= 11 is 0. The van der Waals surface area contributed by atoms with Gasteiger partial charge in [0.1, 0.15) is 11.9 Å². The van der Waals surface area contributed by atoms with E-state index in [9.17, 15) is 22.8 Å². The van der Waals surface area contributed by atoms with Crippen LogP contribution in [0.2, 0.25) is 0 Å². The highest BCUT2D eigenvalue weighted by atomic mass is 19.4. The van der Waals surface area contributed by atoms with Gasteiger partial charge in [-0.15, -0.1) is 0 Å². The molecule has 1 aliphatic heterocycles. The summed E-state index contributed by atoms with van der Waals surface area (Å²) in [6.45, 7) is 7.78. The Bertz CT molecular complexity index is 1570. The van der Waals surface area contributed by atoms with Crippen molar-refractivity contribution in [2.45, 2.75) is 77.3 Å². The van der Waals surface area contributed by atoms with Crippen LogP contribution in [0.15, 0.2) is 42.7 Å². The lowest BCUT2D eigenvalue weighted by Gasteiger charge is -2.45. The minimum atomic E-state index is -4.65. The average molecular weight is 628 g/mol. The number of aromatic nitrogens is 3. The maximum absolute atomic E-state index is 14.3. The Balaban J connectivity index is 1.31. The molecule has 0 N–H and O–H groups in total. The summed E-state index contributed by atoms with van der Waals surface area (Å²) in [6, 6.07) is 10.0. The topological polar surface area (TPSA) is 89.8 Å². The Morgan fingerprint density at radius 1 is 1.16 bits per heavy atom. The maximum atomic E-state index is 14.3. The molecule has 1 fully saturated rings. The van der Waals surface area contributed by atoms with Crippen LogP contribution in [0.5, 0.6) is 0 Å². The van der Waals surface area contributed by atoms with E-state index in [-0.39, 0.29) is 36.4 Å². The van der Waals surface area contributed by atoms with Gasteiger partial charge in [-0.1, -0.05) is 19.1 Å². The van der Waals surface area contributed by atoms with Crippen LogP contribution >= 0.6 is 0 Å². The fourth-order valence-corrected chi connectivity index (χ4v) is 6.25. The second-order valence-corrected chi connectivity index (χ2v) is 13.3. The monoisotopic (exact) mass is 627 g/mol. The van der Waals surface area contributed by atoms with Crippen molar-refractivity contribution in [1.82, 2.24) is 19.7 Å². The smallest absolute Gasteiger partial charge is 0.416 e. The van der Waals surface area contributed by atoms with Gasteiger partial charge in [-0.3, -0.25) is 9.48 Å². The number of hydrogen-bond donors (Lipinski definition) is 0. The third-order valence-electron chi connectivity index (χ3n) is 8.29. The Morgan fingerprint density at radius 3 is 2.51 bits per heavy atom. The number of ether oxygens (including phenoxy) is 2. The fourth-order valence-electron chi connectivity index (χ4n) is 6.25. The molecule has 1 saturated carbocycles. The minimum Gasteiger partial charge on any atom is -0.444 e. The lowest BCUT2D eigenvalue weighted by atomic mass is 9.58. The summed E-state index contributed by atoms with van der Waals surface area (Å²) in [5.74, 6) is 0.688. The van der Waals surface area contributed by atoms with E-state index in [0.717, 1.165) is 24.5 Å². The largest absolute Gasteiger partial charge is 0.444 e. The molecule has 0 saturated heterocycles. The molecule has 2 aromatic carbocycles. The minimum absolute atomic E-state index is 0.0249. The van der Waals surface area contributed by atoms with E-state index in [1.807, 2.05) is 25.2 Å². The number of rotatable bonds is 9. The molecular weight excluding hydrogens is 587 g/mol. The predicted octanol–water partition coefficient (Wildman–Crippen LogP) is 6.48. The van der Waals surface area contributed by atoms with Gasteiger partial charge in [0, 0.05) is 38.5 Å². The normalized spacial score (nSPS) is 19.8. The van der Waals surface area contributed by atoms with E-state index in [2.05, 4.69) is 17.0 Å². The molecular formula is C33H40F3N5O4. The third-order valence-corrected chi connectivity index (χ3v) is 8.29. The third kappa shape index (κ3) is 6.85. The van der Waals surface area contributed by atoms with E-state index in [1.165, 1.54) is 15.9 Å². The van der Waals surface area contributed by atoms with Crippen molar-refractivity contribution < 1.29 is 32.2 Å². The quantitative estimate of drug-likeness (QED) is 0.252. The molecule has 1 aliphatic carbocycles. The zero-order valence-electron chi connectivity index (χ0n) is 26.6. The zero-order valence-corrected chi connectivity index (χ0v) is 26.6. The SMILES string of the molecule is CC1CC(c2cccc(N3Cc4c(cc(COCCCN(C)C(=O)OC(C)(C)C)cc4C(F)(F)F)C3=O)c2)(c2ncn(C)n2)C1. The first kappa shape index (κ1) is 32.5. The maximum Gasteiger partial charge on any atom is 0.416 e. The van der Waals surface area contributed by atoms with Gasteiger partial charge in [-0.05, 0) is 86.9 Å². The Morgan fingerprint density at radius 2 is 1.89 bits per heavy atom. The molecule has 2 aliphatic rings. The number of benzene rings is 2. The molecule has 0 unspecified atom stereocenters. The number of carbonyl (C=O) groups is 2. The van der Waals surface area contributed by atoms with Crippen molar-refractivity contribution in [3.05, 3.63) is 76.4 Å². The first-order valence-electron chi connectivity index (χ1n) is 15.1. The molecule has 12 heteroatoms. The highest BCUT2D eigenvalue weighted by molar-refractivity contribution is 6.10. The first-order valence-corrected chi connectivity index (χ1v) is 15.1. The van der Waals surface area contributed by atoms with Gasteiger partial charge in [0.15, 0.2) is 5.82 Å². The zero-order chi connectivity index (χ0) is 32.7. The van der Waals surface area contributed by atoms with E-state index in [4.69, 9.17) is 9.47 Å². The number of aryl methyl sites for hydroxylation is 1. The van der Waals surface area contributed by atoms with Gasteiger partial charge < -0.3 is 19.3 Å². The van der Waals surface area contributed by atoms with Crippen LogP contribution in [-0.2, 0) is 41.3 Å². The molecule has 9 nitrogen and oxygen atoms in total. The number of amides is 2. The van der Waals surface area contributed by atoms with Gasteiger partial charge in [-0.25, -0.2) is 9.78 Å². The van der Waals surface area contributed by atoms with Crippen molar-refractivity contribution in [3.63, 3.8) is 0 Å². The van der Waals surface area contributed by atoms with Crippen LogP contribution in [0.4, 0.5) is 23.7 Å². The van der Waals surface area contributed by atoms with E-state index in [1.54, 1.807) is 44.9 Å². The summed E-state index contributed by atoms with van der Waals surface area (Å²) < 4.78 is 55.4. The Kier molecular flexibility index (Phi) is 8.74. The molecule has 3 aromatic rings. The van der Waals surface area contributed by atoms with Gasteiger partial charge in [0.05, 0.1) is 24.1 Å². The molecule has 5 rings (SSSR count). The molecule has 0 spiro atoms. The molecule has 0 atom stereocenters.